The molecule has 0 amide bonds. The fourth-order valence-corrected chi connectivity index (χ4v) is 3.89. The minimum atomic E-state index is -1.26. The summed E-state index contributed by atoms with van der Waals surface area (Å²) in [4.78, 5) is 28.8. The molecule has 1 saturated heterocycles. The van der Waals surface area contributed by atoms with Gasteiger partial charge in [-0.2, -0.15) is 0 Å². The number of thiocarbonyl (C=S) groups is 1. The van der Waals surface area contributed by atoms with E-state index in [4.69, 9.17) is 22.4 Å². The Morgan fingerprint density at radius 3 is 2.21 bits per heavy atom. The number of nitrogens with zero attached hydrogens (tertiary/aromatic N) is 2. The van der Waals surface area contributed by atoms with E-state index in [1.54, 1.807) is 6.33 Å². The van der Waals surface area contributed by atoms with Gasteiger partial charge in [0.05, 0.1) is 6.33 Å². The molecule has 8 nitrogen and oxygen atoms in total. The summed E-state index contributed by atoms with van der Waals surface area (Å²) in [6, 6.07) is 0.613. The van der Waals surface area contributed by atoms with Gasteiger partial charge in [-0.3, -0.25) is 0 Å². The number of likely N-dealkylation sites (tertiary alicyclic amines) is 1. The van der Waals surface area contributed by atoms with Crippen LogP contribution in [0.2, 0.25) is 0 Å². The van der Waals surface area contributed by atoms with Gasteiger partial charge in [0.1, 0.15) is 0 Å². The molecule has 1 aliphatic heterocycles. The summed E-state index contributed by atoms with van der Waals surface area (Å²) >= 11 is 5.59. The van der Waals surface area contributed by atoms with Crippen LogP contribution in [0, 0.1) is 0 Å². The van der Waals surface area contributed by atoms with Crippen molar-refractivity contribution in [1.29, 1.82) is 0 Å². The molecule has 0 radical (unpaired) electrons. The fraction of sp³-hybridized carbons (Fsp3) is 0.579. The minimum absolute atomic E-state index is 0.558. The van der Waals surface area contributed by atoms with Gasteiger partial charge in [0.15, 0.2) is 5.11 Å². The summed E-state index contributed by atoms with van der Waals surface area (Å²) in [5.41, 5.74) is 1.27. The average molecular weight is 409 g/mol. The second-order valence-corrected chi connectivity index (χ2v) is 7.45. The standard InChI is InChI=1S/C15H24N4S.C4H4O4/c20-15(18-13-4-2-1-3-5-13)19-8-6-12(7-9-19)14-10-16-11-17-14;5-3(6)1-2-4(7)8/h10-13H,1-9H2,(H,16,17)(H,18,20);1-2H,(H,5,6)(H,7,8)/b;2-1+. The van der Waals surface area contributed by atoms with Crippen molar-refractivity contribution in [2.75, 3.05) is 13.1 Å². The van der Waals surface area contributed by atoms with Crippen LogP contribution in [0.4, 0.5) is 0 Å². The van der Waals surface area contributed by atoms with Gasteiger partial charge in [0, 0.05) is 49.1 Å². The Labute approximate surface area is 170 Å². The number of aromatic amines is 1. The second-order valence-electron chi connectivity index (χ2n) is 7.06. The van der Waals surface area contributed by atoms with E-state index in [1.807, 2.05) is 6.20 Å². The van der Waals surface area contributed by atoms with Crippen LogP contribution in [0.3, 0.4) is 0 Å². The lowest BCUT2D eigenvalue weighted by atomic mass is 9.94. The molecule has 0 aromatic carbocycles. The lowest BCUT2D eigenvalue weighted by Crippen LogP contribution is -2.47. The van der Waals surface area contributed by atoms with Gasteiger partial charge in [0.25, 0.3) is 0 Å². The lowest BCUT2D eigenvalue weighted by Gasteiger charge is -2.35. The second kappa shape index (κ2) is 11.4. The number of aliphatic carboxylic acids is 2. The van der Waals surface area contributed by atoms with E-state index in [2.05, 4.69) is 20.2 Å². The highest BCUT2D eigenvalue weighted by molar-refractivity contribution is 7.80. The molecule has 2 heterocycles. The quantitative estimate of drug-likeness (QED) is 0.443. The first-order valence-electron chi connectivity index (χ1n) is 9.63. The Bertz CT molecular complexity index is 647. The molecule has 28 heavy (non-hydrogen) atoms. The third kappa shape index (κ3) is 7.67. The highest BCUT2D eigenvalue weighted by Crippen LogP contribution is 2.26. The van der Waals surface area contributed by atoms with Gasteiger partial charge < -0.3 is 25.4 Å². The molecule has 1 aromatic rings. The van der Waals surface area contributed by atoms with Gasteiger partial charge in [-0.05, 0) is 37.9 Å². The van der Waals surface area contributed by atoms with Gasteiger partial charge in [-0.15, -0.1) is 0 Å². The van der Waals surface area contributed by atoms with Crippen molar-refractivity contribution in [2.45, 2.75) is 56.9 Å². The van der Waals surface area contributed by atoms with Crippen LogP contribution in [-0.4, -0.2) is 61.3 Å². The van der Waals surface area contributed by atoms with Crippen LogP contribution in [0.25, 0.3) is 0 Å². The van der Waals surface area contributed by atoms with E-state index < -0.39 is 11.9 Å². The highest BCUT2D eigenvalue weighted by atomic mass is 32.1. The molecule has 4 N–H and O–H groups in total. The Balaban J connectivity index is 0.000000300. The maximum absolute atomic E-state index is 9.55. The smallest absolute Gasteiger partial charge is 0.328 e. The van der Waals surface area contributed by atoms with E-state index >= 15 is 0 Å². The normalized spacial score (nSPS) is 18.4. The maximum Gasteiger partial charge on any atom is 0.328 e. The number of imidazole rings is 1. The summed E-state index contributed by atoms with van der Waals surface area (Å²) in [6.07, 6.45) is 13.8. The Morgan fingerprint density at radius 2 is 1.71 bits per heavy atom. The minimum Gasteiger partial charge on any atom is -0.478 e. The van der Waals surface area contributed by atoms with Crippen LogP contribution < -0.4 is 5.32 Å². The monoisotopic (exact) mass is 408 g/mol. The van der Waals surface area contributed by atoms with Crippen LogP contribution in [0.5, 0.6) is 0 Å². The third-order valence-electron chi connectivity index (χ3n) is 5.04. The predicted molar refractivity (Wildman–Crippen MR) is 109 cm³/mol. The van der Waals surface area contributed by atoms with Gasteiger partial charge in [-0.25, -0.2) is 14.6 Å². The zero-order valence-corrected chi connectivity index (χ0v) is 16.7. The number of carboxylic acids is 2. The van der Waals surface area contributed by atoms with E-state index in [-0.39, 0.29) is 0 Å². The first kappa shape index (κ1) is 21.9. The van der Waals surface area contributed by atoms with E-state index in [9.17, 15) is 9.59 Å². The molecule has 0 unspecified atom stereocenters. The first-order valence-corrected chi connectivity index (χ1v) is 10.0. The molecule has 2 fully saturated rings. The van der Waals surface area contributed by atoms with Crippen molar-refractivity contribution in [3.05, 3.63) is 30.4 Å². The molecule has 9 heteroatoms. The maximum atomic E-state index is 9.55. The predicted octanol–water partition coefficient (Wildman–Crippen LogP) is 2.51. The first-order chi connectivity index (χ1) is 13.5. The number of hydrogen-bond acceptors (Lipinski definition) is 4. The fourth-order valence-electron chi connectivity index (χ4n) is 3.54. The molecular formula is C19H28N4O4S. The number of carbonyl (C=O) groups is 2. The van der Waals surface area contributed by atoms with E-state index in [0.29, 0.717) is 24.1 Å². The molecular weight excluding hydrogens is 380 g/mol. The molecule has 154 valence electrons. The summed E-state index contributed by atoms with van der Waals surface area (Å²) in [6.45, 7) is 2.12. The van der Waals surface area contributed by atoms with Crippen LogP contribution in [0.1, 0.15) is 56.6 Å². The highest BCUT2D eigenvalue weighted by Gasteiger charge is 2.24. The molecule has 2 aliphatic rings. The molecule has 0 spiro atoms. The number of H-pyrrole nitrogens is 1. The summed E-state index contributed by atoms with van der Waals surface area (Å²) < 4.78 is 0. The Kier molecular flexibility index (Phi) is 8.93. The number of carboxylic acid groups (broad SMARTS) is 2. The van der Waals surface area contributed by atoms with Gasteiger partial charge in [-0.1, -0.05) is 19.3 Å². The average Bonchev–Trinajstić information content (AvgIpc) is 3.23. The largest absolute Gasteiger partial charge is 0.478 e. The number of rotatable bonds is 4. The van der Waals surface area contributed by atoms with E-state index in [0.717, 1.165) is 31.0 Å². The molecule has 0 bridgehead atoms. The van der Waals surface area contributed by atoms with Gasteiger partial charge >= 0.3 is 11.9 Å². The number of piperidine rings is 1. The van der Waals surface area contributed by atoms with Gasteiger partial charge in [0.2, 0.25) is 0 Å². The summed E-state index contributed by atoms with van der Waals surface area (Å²) in [5.74, 6) is -1.90. The molecule has 1 aliphatic carbocycles. The third-order valence-corrected chi connectivity index (χ3v) is 5.42. The zero-order chi connectivity index (χ0) is 20.4. The molecule has 0 atom stereocenters. The zero-order valence-electron chi connectivity index (χ0n) is 15.8. The van der Waals surface area contributed by atoms with Crippen molar-refractivity contribution < 1.29 is 19.8 Å². The SMILES string of the molecule is O=C(O)/C=C/C(=O)O.S=C(NC1CCCCC1)N1CCC(c2cnc[nH]2)CC1. The topological polar surface area (TPSA) is 119 Å². The van der Waals surface area contributed by atoms with Crippen molar-refractivity contribution in [3.8, 4) is 0 Å². The van der Waals surface area contributed by atoms with Crippen molar-refractivity contribution >= 4 is 29.3 Å². The summed E-state index contributed by atoms with van der Waals surface area (Å²) in [5, 5.41) is 20.2. The van der Waals surface area contributed by atoms with E-state index in [1.165, 1.54) is 37.8 Å². The number of hydrogen-bond donors (Lipinski definition) is 4. The molecule has 3 rings (SSSR count). The van der Waals surface area contributed by atoms with Crippen molar-refractivity contribution in [2.24, 2.45) is 0 Å². The lowest BCUT2D eigenvalue weighted by molar-refractivity contribution is -0.134. The number of aromatic nitrogens is 2. The van der Waals surface area contributed by atoms with Crippen LogP contribution >= 0.6 is 12.2 Å². The molecule has 1 saturated carbocycles. The summed E-state index contributed by atoms with van der Waals surface area (Å²) in [7, 11) is 0. The van der Waals surface area contributed by atoms with Crippen LogP contribution in [0.15, 0.2) is 24.7 Å². The van der Waals surface area contributed by atoms with Crippen molar-refractivity contribution in [3.63, 3.8) is 0 Å². The number of nitrogens with one attached hydrogen (secondary N) is 2. The Morgan fingerprint density at radius 1 is 1.11 bits per heavy atom. The van der Waals surface area contributed by atoms with Crippen LogP contribution in [-0.2, 0) is 9.59 Å². The molecule has 1 aromatic heterocycles. The Hall–Kier alpha value is -2.42. The van der Waals surface area contributed by atoms with Crippen molar-refractivity contribution in [1.82, 2.24) is 20.2 Å².